The third-order valence-corrected chi connectivity index (χ3v) is 88.8. The average molecular weight is 1090 g/mol. The maximum atomic E-state index is 9.25. The van der Waals surface area contributed by atoms with Crippen molar-refractivity contribution in [1.82, 2.24) is 0 Å². The van der Waals surface area contributed by atoms with E-state index in [9.17, 15) is 17.2 Å². The fourth-order valence-electron chi connectivity index (χ4n) is 12.4. The predicted octanol–water partition coefficient (Wildman–Crippen LogP) is 17.9. The van der Waals surface area contributed by atoms with E-state index < -0.39 is 21.3 Å². The van der Waals surface area contributed by atoms with E-state index in [0.717, 1.165) is 25.0 Å². The van der Waals surface area contributed by atoms with Gasteiger partial charge >= 0.3 is 406 Å². The molecule has 0 aliphatic heterocycles. The summed E-state index contributed by atoms with van der Waals surface area (Å²) in [5, 5.41) is 0. The van der Waals surface area contributed by atoms with Gasteiger partial charge in [-0.3, -0.25) is 0 Å². The molecule has 0 saturated carbocycles. The van der Waals surface area contributed by atoms with Gasteiger partial charge in [0.1, 0.15) is 0 Å². The van der Waals surface area contributed by atoms with Gasteiger partial charge in [-0.05, 0) is 0 Å². The Hall–Kier alpha value is -2.95. The van der Waals surface area contributed by atoms with Crippen LogP contribution in [0.1, 0.15) is 162 Å². The molecule has 2 atom stereocenters. The fraction of sp³-hybridized carbons (Fsp3) is 0.433. The van der Waals surface area contributed by atoms with Crippen LogP contribution in [-0.2, 0) is 44.4 Å². The molecule has 343 valence electrons. The van der Waals surface area contributed by atoms with Gasteiger partial charge in [0, 0.05) is 0 Å². The molecule has 0 bridgehead atoms. The first kappa shape index (κ1) is 48.5. The SMILES string of the molecule is COc1c(C(C)(C)C)cc2c(c1-c1cc(C(C)(C)C)cc(C(C)(C)C)c1)C=C(C)[CH]2[Hf]([Cl])([Cl])([CH]1C(C)=Cc2c(-c3cc(C)cc(C)c3)c3c(c(-c4cc(C)cc(C)c4)c21)CCC3)[SiH](C)C. The third kappa shape index (κ3) is 8.01. The van der Waals surface area contributed by atoms with Crippen molar-refractivity contribution < 1.29 is 20.0 Å². The van der Waals surface area contributed by atoms with Crippen molar-refractivity contribution in [1.29, 1.82) is 0 Å². The minimum absolute atomic E-state index is 0.0389. The van der Waals surface area contributed by atoms with E-state index in [1.165, 1.54) is 117 Å². The van der Waals surface area contributed by atoms with E-state index in [0.29, 0.717) is 0 Å². The van der Waals surface area contributed by atoms with Crippen LogP contribution in [0.3, 0.4) is 0 Å². The first-order valence-electron chi connectivity index (χ1n) is 24.3. The van der Waals surface area contributed by atoms with Crippen LogP contribution >= 0.6 is 17.2 Å². The molecule has 0 fully saturated rings. The maximum absolute atomic E-state index is 9.25. The van der Waals surface area contributed by atoms with Crippen molar-refractivity contribution in [2.45, 2.75) is 160 Å². The van der Waals surface area contributed by atoms with Gasteiger partial charge in [-0.2, -0.15) is 0 Å². The minimum atomic E-state index is -5.46. The molecule has 2 unspecified atom stereocenters. The van der Waals surface area contributed by atoms with Crippen LogP contribution in [0, 0.1) is 27.7 Å². The van der Waals surface area contributed by atoms with E-state index in [1.807, 2.05) is 7.11 Å². The molecule has 0 radical (unpaired) electrons. The number of halogens is 2. The molecule has 65 heavy (non-hydrogen) atoms. The van der Waals surface area contributed by atoms with Gasteiger partial charge in [-0.25, -0.2) is 0 Å². The number of benzene rings is 5. The summed E-state index contributed by atoms with van der Waals surface area (Å²) in [4.78, 5) is 0. The predicted molar refractivity (Wildman–Crippen MR) is 286 cm³/mol. The number of hydrogen-bond donors (Lipinski definition) is 0. The topological polar surface area (TPSA) is 9.23 Å². The Morgan fingerprint density at radius 3 is 1.45 bits per heavy atom. The van der Waals surface area contributed by atoms with Crippen molar-refractivity contribution in [2.75, 3.05) is 7.11 Å². The van der Waals surface area contributed by atoms with Crippen molar-refractivity contribution in [2.24, 2.45) is 0 Å². The Morgan fingerprint density at radius 2 is 0.985 bits per heavy atom. The third-order valence-electron chi connectivity index (χ3n) is 15.4. The molecule has 0 spiro atoms. The van der Waals surface area contributed by atoms with Gasteiger partial charge in [-0.1, -0.05) is 0 Å². The molecule has 5 heteroatoms. The zero-order valence-electron chi connectivity index (χ0n) is 42.9. The van der Waals surface area contributed by atoms with Crippen LogP contribution in [0.5, 0.6) is 5.75 Å². The first-order valence-corrected chi connectivity index (χ1v) is 46.5. The van der Waals surface area contributed by atoms with Gasteiger partial charge in [-0.15, -0.1) is 0 Å². The molecule has 0 N–H and O–H groups in total. The second-order valence-corrected chi connectivity index (χ2v) is 83.3. The van der Waals surface area contributed by atoms with Crippen LogP contribution in [0.4, 0.5) is 0 Å². The van der Waals surface area contributed by atoms with Crippen molar-refractivity contribution in [3.8, 4) is 39.1 Å². The molecule has 0 amide bonds. The second-order valence-electron chi connectivity index (χ2n) is 24.0. The van der Waals surface area contributed by atoms with Crippen LogP contribution in [0.15, 0.2) is 71.8 Å². The Bertz CT molecular complexity index is 2800. The van der Waals surface area contributed by atoms with Gasteiger partial charge in [0.15, 0.2) is 0 Å². The normalized spacial score (nSPS) is 18.0. The summed E-state index contributed by atoms with van der Waals surface area (Å²) < 4.78 is 6.55. The monoisotopic (exact) mass is 1090 g/mol. The van der Waals surface area contributed by atoms with Crippen LogP contribution in [-0.4, -0.2) is 13.1 Å². The molecule has 8 rings (SSSR count). The van der Waals surface area contributed by atoms with E-state index in [2.05, 4.69) is 190 Å². The summed E-state index contributed by atoms with van der Waals surface area (Å²) in [6.45, 7) is 39.7. The average Bonchev–Trinajstić information content (AvgIpc) is 3.89. The van der Waals surface area contributed by atoms with E-state index in [1.54, 1.807) is 0 Å². The van der Waals surface area contributed by atoms with Crippen LogP contribution < -0.4 is 4.74 Å². The van der Waals surface area contributed by atoms with Crippen LogP contribution in [0.25, 0.3) is 45.5 Å². The summed E-state index contributed by atoms with van der Waals surface area (Å²) >= 11 is -5.46. The molecule has 0 saturated heterocycles. The van der Waals surface area contributed by atoms with Gasteiger partial charge < -0.3 is 0 Å². The van der Waals surface area contributed by atoms with Crippen molar-refractivity contribution in [3.05, 3.63) is 144 Å². The van der Waals surface area contributed by atoms with E-state index >= 15 is 0 Å². The van der Waals surface area contributed by atoms with Crippen molar-refractivity contribution in [3.63, 3.8) is 0 Å². The molecule has 5 aromatic carbocycles. The number of ether oxygens (including phenoxy) is 1. The van der Waals surface area contributed by atoms with Gasteiger partial charge in [0.2, 0.25) is 0 Å². The van der Waals surface area contributed by atoms with Gasteiger partial charge in [0.05, 0.1) is 0 Å². The Kier molecular flexibility index (Phi) is 12.2. The molecule has 1 nitrogen and oxygen atoms in total. The number of rotatable bonds is 7. The number of fused-ring (bicyclic) bond motifs is 3. The quantitative estimate of drug-likeness (QED) is 0.148. The summed E-state index contributed by atoms with van der Waals surface area (Å²) in [7, 11) is 20.4. The Labute approximate surface area is 402 Å². The summed E-state index contributed by atoms with van der Waals surface area (Å²) in [6.07, 6.45) is 8.34. The Balaban J connectivity index is 1.50. The van der Waals surface area contributed by atoms with E-state index in [4.69, 9.17) is 4.74 Å². The summed E-state index contributed by atoms with van der Waals surface area (Å²) in [5.41, 5.74) is 27.7. The zero-order chi connectivity index (χ0) is 47.7. The number of methoxy groups -OCH3 is 1. The van der Waals surface area contributed by atoms with Crippen LogP contribution in [0.2, 0.25) is 13.1 Å². The molecular weight excluding hydrogens is 1010 g/mol. The number of hydrogen-bond acceptors (Lipinski definition) is 1. The number of aryl methyl sites for hydroxylation is 4. The van der Waals surface area contributed by atoms with Crippen molar-refractivity contribution >= 4 is 35.3 Å². The molecular formula is C60H75Cl2HfOSi. The number of allylic oxidation sites excluding steroid dienone is 2. The molecule has 0 heterocycles. The first-order chi connectivity index (χ1) is 30.1. The summed E-state index contributed by atoms with van der Waals surface area (Å²) in [5.74, 6) is -0.909. The second kappa shape index (κ2) is 16.3. The molecule has 3 aliphatic carbocycles. The van der Waals surface area contributed by atoms with Gasteiger partial charge in [0.25, 0.3) is 0 Å². The fourth-order valence-corrected chi connectivity index (χ4v) is 58.7. The Morgan fingerprint density at radius 1 is 0.538 bits per heavy atom. The molecule has 3 aliphatic rings. The zero-order valence-corrected chi connectivity index (χ0v) is 49.2. The van der Waals surface area contributed by atoms with E-state index in [-0.39, 0.29) is 23.6 Å². The standard InChI is InChI=1S/C29H39O.C29H29.C2H7Si.2ClH.Hf/c1-18-12-19-16-24(29(8,9)10)26(30-11)25(23(19)13-18)20-14-21(27(2,3)4)17-22(15-20)28(5,6)7;1-17-9-18(2)12-22(11-17)28-24-7-6-8-25(24)29(27-16-21(5)15-26(27)28)23-13-19(3)10-20(4)14-23;1-3-2;;;/h12-17H,1-11H3;9-16H,6-8H2,1-5H3;3H,1-2H3;2*1H;/q;;;;;+2/p-2. The summed E-state index contributed by atoms with van der Waals surface area (Å²) in [6, 6.07) is 24.1. The molecule has 0 aromatic heterocycles. The molecule has 5 aromatic rings.